The van der Waals surface area contributed by atoms with E-state index in [0.29, 0.717) is 18.0 Å². The van der Waals surface area contributed by atoms with Crippen molar-refractivity contribution in [3.63, 3.8) is 0 Å². The zero-order valence-corrected chi connectivity index (χ0v) is 18.9. The van der Waals surface area contributed by atoms with Gasteiger partial charge in [-0.05, 0) is 48.7 Å². The number of aromatic nitrogens is 2. The number of halogens is 3. The molecular weight excluding hydrogens is 429 g/mol. The Morgan fingerprint density at radius 3 is 2.36 bits per heavy atom. The van der Waals surface area contributed by atoms with Gasteiger partial charge in [0.15, 0.2) is 0 Å². The molecule has 0 amide bonds. The maximum atomic E-state index is 13.6. The molecule has 1 aromatic heterocycles. The number of aryl methyl sites for hydroxylation is 1. The lowest BCUT2D eigenvalue weighted by Gasteiger charge is -2.17. The van der Waals surface area contributed by atoms with Crippen LogP contribution in [-0.4, -0.2) is 16.6 Å². The lowest BCUT2D eigenvalue weighted by atomic mass is 10.1. The summed E-state index contributed by atoms with van der Waals surface area (Å²) in [6, 6.07) is 14.5. The van der Waals surface area contributed by atoms with E-state index in [2.05, 4.69) is 27.5 Å². The molecule has 0 saturated carbocycles. The first-order valence-corrected chi connectivity index (χ1v) is 11.2. The normalized spacial score (nSPS) is 11.3. The molecule has 0 bridgehead atoms. The minimum absolute atomic E-state index is 0.0649. The van der Waals surface area contributed by atoms with Crippen LogP contribution in [0.4, 0.5) is 36.3 Å². The van der Waals surface area contributed by atoms with E-state index in [0.717, 1.165) is 49.6 Å². The maximum absolute atomic E-state index is 13.6. The molecule has 176 valence electrons. The first-order valence-electron chi connectivity index (χ1n) is 11.2. The third kappa shape index (κ3) is 7.10. The molecule has 2 N–H and O–H groups in total. The monoisotopic (exact) mass is 458 g/mol. The molecule has 0 unspecified atom stereocenters. The third-order valence-corrected chi connectivity index (χ3v) is 5.01. The van der Waals surface area contributed by atoms with E-state index in [1.807, 2.05) is 19.1 Å². The second-order valence-electron chi connectivity index (χ2n) is 7.69. The fraction of sp³-hybridized carbons (Fsp3) is 0.360. The van der Waals surface area contributed by atoms with Crippen molar-refractivity contribution in [1.29, 1.82) is 0 Å². The number of benzene rings is 2. The second-order valence-corrected chi connectivity index (χ2v) is 7.69. The molecular formula is C25H29F3N4O. The molecule has 0 atom stereocenters. The van der Waals surface area contributed by atoms with Crippen molar-refractivity contribution < 1.29 is 17.9 Å². The zero-order chi connectivity index (χ0) is 23.7. The molecule has 0 spiro atoms. The lowest BCUT2D eigenvalue weighted by Crippen LogP contribution is -2.13. The molecule has 5 nitrogen and oxygen atoms in total. The van der Waals surface area contributed by atoms with E-state index in [4.69, 9.17) is 4.74 Å². The number of alkyl halides is 3. The van der Waals surface area contributed by atoms with Crippen LogP contribution in [0.1, 0.15) is 50.7 Å². The summed E-state index contributed by atoms with van der Waals surface area (Å²) in [4.78, 5) is 8.02. The zero-order valence-electron chi connectivity index (χ0n) is 18.9. The Hall–Kier alpha value is -3.29. The Balaban J connectivity index is 1.79. The minimum atomic E-state index is -4.59. The van der Waals surface area contributed by atoms with Crippen LogP contribution >= 0.6 is 0 Å². The first kappa shape index (κ1) is 24.4. The fourth-order valence-electron chi connectivity index (χ4n) is 3.31. The number of rotatable bonds is 11. The Bertz CT molecular complexity index is 1020. The van der Waals surface area contributed by atoms with Gasteiger partial charge in [0.05, 0.1) is 6.61 Å². The van der Waals surface area contributed by atoms with Gasteiger partial charge in [-0.1, -0.05) is 51.3 Å². The molecule has 0 saturated heterocycles. The molecule has 8 heteroatoms. The van der Waals surface area contributed by atoms with Crippen LogP contribution in [0.5, 0.6) is 5.75 Å². The Kier molecular flexibility index (Phi) is 8.52. The third-order valence-electron chi connectivity index (χ3n) is 5.01. The highest BCUT2D eigenvalue weighted by molar-refractivity contribution is 5.65. The number of ether oxygens (including phenoxy) is 1. The molecule has 1 heterocycles. The van der Waals surface area contributed by atoms with E-state index >= 15 is 0 Å². The predicted octanol–water partition coefficient (Wildman–Crippen LogP) is 7.50. The van der Waals surface area contributed by atoms with Gasteiger partial charge in [-0.15, -0.1) is 0 Å². The summed E-state index contributed by atoms with van der Waals surface area (Å²) >= 11 is 0. The average Bonchev–Trinajstić information content (AvgIpc) is 2.79. The van der Waals surface area contributed by atoms with Crippen molar-refractivity contribution >= 4 is 23.1 Å². The van der Waals surface area contributed by atoms with Gasteiger partial charge in [0.1, 0.15) is 17.1 Å². The van der Waals surface area contributed by atoms with Crippen LogP contribution in [0.2, 0.25) is 0 Å². The van der Waals surface area contributed by atoms with Crippen LogP contribution in [-0.2, 0) is 12.6 Å². The van der Waals surface area contributed by atoms with Crippen LogP contribution < -0.4 is 15.4 Å². The van der Waals surface area contributed by atoms with Crippen LogP contribution in [0, 0.1) is 0 Å². The summed E-state index contributed by atoms with van der Waals surface area (Å²) in [6.45, 7) is 4.80. The molecule has 2 aromatic carbocycles. The van der Waals surface area contributed by atoms with E-state index < -0.39 is 11.7 Å². The number of hydrogen-bond donors (Lipinski definition) is 2. The summed E-state index contributed by atoms with van der Waals surface area (Å²) in [7, 11) is 0. The van der Waals surface area contributed by atoms with E-state index in [1.165, 1.54) is 0 Å². The van der Waals surface area contributed by atoms with Gasteiger partial charge in [-0.3, -0.25) is 0 Å². The number of para-hydroxylation sites is 1. The molecule has 0 aliphatic rings. The maximum Gasteiger partial charge on any atom is 0.421 e. The minimum Gasteiger partial charge on any atom is -0.494 e. The van der Waals surface area contributed by atoms with Crippen molar-refractivity contribution in [2.45, 2.75) is 52.1 Å². The van der Waals surface area contributed by atoms with Gasteiger partial charge in [-0.25, -0.2) is 4.98 Å². The number of nitrogens with zero attached hydrogens (tertiary/aromatic N) is 2. The summed E-state index contributed by atoms with van der Waals surface area (Å²) in [5.41, 5.74) is 1.25. The number of hydrogen-bond acceptors (Lipinski definition) is 5. The van der Waals surface area contributed by atoms with Gasteiger partial charge in [-0.2, -0.15) is 18.2 Å². The highest BCUT2D eigenvalue weighted by Crippen LogP contribution is 2.36. The molecule has 33 heavy (non-hydrogen) atoms. The van der Waals surface area contributed by atoms with Crippen molar-refractivity contribution in [3.05, 3.63) is 65.9 Å². The molecule has 0 fully saturated rings. The molecule has 3 aromatic rings. The molecule has 0 aliphatic carbocycles. The Morgan fingerprint density at radius 2 is 1.67 bits per heavy atom. The summed E-state index contributed by atoms with van der Waals surface area (Å²) in [5.74, 6) is 0.509. The topological polar surface area (TPSA) is 59.1 Å². The molecule has 3 rings (SSSR count). The van der Waals surface area contributed by atoms with Gasteiger partial charge < -0.3 is 15.4 Å². The van der Waals surface area contributed by atoms with Gasteiger partial charge >= 0.3 is 6.18 Å². The highest BCUT2D eigenvalue weighted by Gasteiger charge is 2.35. The van der Waals surface area contributed by atoms with Gasteiger partial charge in [0.2, 0.25) is 5.95 Å². The van der Waals surface area contributed by atoms with Crippen molar-refractivity contribution in [1.82, 2.24) is 9.97 Å². The summed E-state index contributed by atoms with van der Waals surface area (Å²) < 4.78 is 46.5. The first-order chi connectivity index (χ1) is 15.9. The number of unbranched alkanes of at least 4 members (excludes halogenated alkanes) is 2. The van der Waals surface area contributed by atoms with Gasteiger partial charge in [0.25, 0.3) is 0 Å². The number of anilines is 4. The molecule has 0 aliphatic heterocycles. The van der Waals surface area contributed by atoms with Gasteiger partial charge in [0, 0.05) is 17.6 Å². The largest absolute Gasteiger partial charge is 0.494 e. The van der Waals surface area contributed by atoms with Crippen molar-refractivity contribution in [3.8, 4) is 5.75 Å². The van der Waals surface area contributed by atoms with Crippen molar-refractivity contribution in [2.75, 3.05) is 17.2 Å². The average molecular weight is 459 g/mol. The Morgan fingerprint density at radius 1 is 0.909 bits per heavy atom. The van der Waals surface area contributed by atoms with Crippen LogP contribution in [0.3, 0.4) is 0 Å². The second kappa shape index (κ2) is 11.5. The SMILES string of the molecule is CCCCCOc1ccc(Nc2ncc(C(F)(F)F)c(Nc3ccccc3CCC)n2)cc1. The Labute approximate surface area is 192 Å². The standard InChI is InChI=1S/C25H29F3N4O/c1-3-5-8-16-33-20-14-12-19(13-15-20)30-24-29-17-21(25(26,27)28)23(32-24)31-22-11-7-6-10-18(22)9-4-2/h6-7,10-15,17H,3-5,8-9,16H2,1-2H3,(H2,29,30,31,32). The quantitative estimate of drug-likeness (QED) is 0.291. The van der Waals surface area contributed by atoms with E-state index in [-0.39, 0.29) is 11.8 Å². The summed E-state index contributed by atoms with van der Waals surface area (Å²) in [6.07, 6.45) is 1.06. The van der Waals surface area contributed by atoms with Crippen molar-refractivity contribution in [2.24, 2.45) is 0 Å². The van der Waals surface area contributed by atoms with E-state index in [1.54, 1.807) is 36.4 Å². The smallest absolute Gasteiger partial charge is 0.421 e. The van der Waals surface area contributed by atoms with Crippen LogP contribution in [0.15, 0.2) is 54.7 Å². The highest BCUT2D eigenvalue weighted by atomic mass is 19.4. The predicted molar refractivity (Wildman–Crippen MR) is 125 cm³/mol. The fourth-order valence-corrected chi connectivity index (χ4v) is 3.31. The van der Waals surface area contributed by atoms with E-state index in [9.17, 15) is 13.2 Å². The number of nitrogens with one attached hydrogen (secondary N) is 2. The lowest BCUT2D eigenvalue weighted by molar-refractivity contribution is -0.137. The molecule has 0 radical (unpaired) electrons. The summed E-state index contributed by atoms with van der Waals surface area (Å²) in [5, 5.41) is 5.84. The van der Waals surface area contributed by atoms with Crippen LogP contribution in [0.25, 0.3) is 0 Å².